The molecule has 0 unspecified atom stereocenters. The van der Waals surface area contributed by atoms with Gasteiger partial charge in [0.2, 0.25) is 0 Å². The zero-order chi connectivity index (χ0) is 26.6. The molecular weight excluding hydrogens is 502 g/mol. The van der Waals surface area contributed by atoms with Crippen LogP contribution in [0.3, 0.4) is 0 Å². The maximum absolute atomic E-state index is 12.0. The Morgan fingerprint density at radius 3 is 2.45 bits per heavy atom. The van der Waals surface area contributed by atoms with Crippen molar-refractivity contribution >= 4 is 29.5 Å². The predicted octanol–water partition coefficient (Wildman–Crippen LogP) is 7.40. The van der Waals surface area contributed by atoms with Crippen LogP contribution in [0.1, 0.15) is 56.1 Å². The van der Waals surface area contributed by atoms with E-state index in [-0.39, 0.29) is 0 Å². The molecule has 1 saturated carbocycles. The fourth-order valence-corrected chi connectivity index (χ4v) is 4.76. The van der Waals surface area contributed by atoms with Crippen LogP contribution in [0.4, 0.5) is 10.5 Å². The summed E-state index contributed by atoms with van der Waals surface area (Å²) >= 11 is 6.50. The molecule has 1 aliphatic carbocycles. The SMILES string of the molecule is CCOc1cc(/C=N\NC(=O)Nc2ccccc2)cc(Cl)c1OCCOc1ccc(C2CCCCC2)cc1. The normalized spacial score (nSPS) is 13.7. The van der Waals surface area contributed by atoms with Crippen molar-refractivity contribution < 1.29 is 19.0 Å². The molecule has 3 aromatic rings. The van der Waals surface area contributed by atoms with Crippen LogP contribution in [0.2, 0.25) is 5.02 Å². The van der Waals surface area contributed by atoms with Crippen LogP contribution in [0.25, 0.3) is 0 Å². The van der Waals surface area contributed by atoms with Gasteiger partial charge in [0.05, 0.1) is 17.8 Å². The number of hydrogen-bond donors (Lipinski definition) is 2. The molecule has 0 saturated heterocycles. The molecule has 0 aliphatic heterocycles. The minimum absolute atomic E-state index is 0.304. The van der Waals surface area contributed by atoms with Gasteiger partial charge in [-0.1, -0.05) is 61.2 Å². The summed E-state index contributed by atoms with van der Waals surface area (Å²) in [6.07, 6.45) is 8.05. The number of halogens is 1. The van der Waals surface area contributed by atoms with Crippen LogP contribution >= 0.6 is 11.6 Å². The van der Waals surface area contributed by atoms with Crippen molar-refractivity contribution in [2.45, 2.75) is 44.9 Å². The molecular formula is C30H34ClN3O4. The number of hydrogen-bond acceptors (Lipinski definition) is 5. The molecule has 0 bridgehead atoms. The summed E-state index contributed by atoms with van der Waals surface area (Å²) in [4.78, 5) is 12.0. The molecule has 4 rings (SSSR count). The van der Waals surface area contributed by atoms with Gasteiger partial charge in [0, 0.05) is 5.69 Å². The quantitative estimate of drug-likeness (QED) is 0.152. The molecule has 0 heterocycles. The lowest BCUT2D eigenvalue weighted by molar-refractivity contribution is 0.208. The number of carbonyl (C=O) groups excluding carboxylic acids is 1. The zero-order valence-corrected chi connectivity index (χ0v) is 22.4. The maximum atomic E-state index is 12.0. The molecule has 200 valence electrons. The molecule has 8 heteroatoms. The highest BCUT2D eigenvalue weighted by molar-refractivity contribution is 6.32. The van der Waals surface area contributed by atoms with E-state index in [1.165, 1.54) is 43.9 Å². The van der Waals surface area contributed by atoms with Gasteiger partial charge in [0.25, 0.3) is 0 Å². The van der Waals surface area contributed by atoms with Crippen molar-refractivity contribution in [2.75, 3.05) is 25.1 Å². The van der Waals surface area contributed by atoms with E-state index in [1.54, 1.807) is 24.3 Å². The summed E-state index contributed by atoms with van der Waals surface area (Å²) in [6, 6.07) is 20.5. The molecule has 0 atom stereocenters. The largest absolute Gasteiger partial charge is 0.490 e. The van der Waals surface area contributed by atoms with Crippen molar-refractivity contribution in [3.05, 3.63) is 82.9 Å². The van der Waals surface area contributed by atoms with Crippen LogP contribution in [0.15, 0.2) is 71.8 Å². The van der Waals surface area contributed by atoms with Gasteiger partial charge in [-0.3, -0.25) is 0 Å². The lowest BCUT2D eigenvalue weighted by Gasteiger charge is -2.22. The first-order chi connectivity index (χ1) is 18.6. The Morgan fingerprint density at radius 1 is 0.974 bits per heavy atom. The number of rotatable bonds is 11. The number of nitrogens with one attached hydrogen (secondary N) is 2. The third-order valence-corrected chi connectivity index (χ3v) is 6.58. The summed E-state index contributed by atoms with van der Waals surface area (Å²) in [5.74, 6) is 2.43. The molecule has 0 radical (unpaired) electrons. The van der Waals surface area contributed by atoms with Crippen LogP contribution < -0.4 is 25.0 Å². The molecule has 38 heavy (non-hydrogen) atoms. The van der Waals surface area contributed by atoms with Crippen LogP contribution in [0.5, 0.6) is 17.2 Å². The third-order valence-electron chi connectivity index (χ3n) is 6.30. The smallest absolute Gasteiger partial charge is 0.339 e. The fraction of sp³-hybridized carbons (Fsp3) is 0.333. The summed E-state index contributed by atoms with van der Waals surface area (Å²) in [7, 11) is 0. The van der Waals surface area contributed by atoms with Gasteiger partial charge in [0.15, 0.2) is 11.5 Å². The number of carbonyl (C=O) groups is 1. The molecule has 2 amide bonds. The average Bonchev–Trinajstić information content (AvgIpc) is 2.94. The second kappa shape index (κ2) is 14.3. The maximum Gasteiger partial charge on any atom is 0.339 e. The molecule has 2 N–H and O–H groups in total. The van der Waals surface area contributed by atoms with E-state index < -0.39 is 6.03 Å². The number of benzene rings is 3. The standard InChI is InChI=1S/C30H34ClN3O4/c1-2-36-28-20-22(21-32-34-30(35)33-25-11-7-4-8-12-25)19-27(31)29(28)38-18-17-37-26-15-13-24(14-16-26)23-9-5-3-6-10-23/h4,7-8,11-16,19-21,23H,2-3,5-6,9-10,17-18H2,1H3,(H2,33,34,35)/b32-21-. The van der Waals surface area contributed by atoms with Crippen LogP contribution in [-0.4, -0.2) is 32.1 Å². The first kappa shape index (κ1) is 27.3. The van der Waals surface area contributed by atoms with Crippen LogP contribution in [0, 0.1) is 0 Å². The molecule has 0 spiro atoms. The van der Waals surface area contributed by atoms with E-state index in [0.717, 1.165) is 5.75 Å². The average molecular weight is 536 g/mol. The second-order valence-electron chi connectivity index (χ2n) is 9.05. The van der Waals surface area contributed by atoms with E-state index in [1.807, 2.05) is 37.3 Å². The van der Waals surface area contributed by atoms with Gasteiger partial charge in [-0.15, -0.1) is 0 Å². The number of ether oxygens (including phenoxy) is 3. The van der Waals surface area contributed by atoms with E-state index in [0.29, 0.717) is 53.5 Å². The van der Waals surface area contributed by atoms with Gasteiger partial charge in [-0.2, -0.15) is 5.10 Å². The lowest BCUT2D eigenvalue weighted by Crippen LogP contribution is -2.24. The zero-order valence-electron chi connectivity index (χ0n) is 21.6. The van der Waals surface area contributed by atoms with E-state index >= 15 is 0 Å². The minimum atomic E-state index is -0.452. The number of urea groups is 1. The Balaban J connectivity index is 1.28. The summed E-state index contributed by atoms with van der Waals surface area (Å²) in [6.45, 7) is 3.00. The summed E-state index contributed by atoms with van der Waals surface area (Å²) < 4.78 is 17.5. The van der Waals surface area contributed by atoms with Crippen molar-refractivity contribution in [1.29, 1.82) is 0 Å². The van der Waals surface area contributed by atoms with E-state index in [4.69, 9.17) is 25.8 Å². The van der Waals surface area contributed by atoms with E-state index in [2.05, 4.69) is 28.0 Å². The number of para-hydroxylation sites is 1. The summed E-state index contributed by atoms with van der Waals surface area (Å²) in [5, 5.41) is 7.06. The number of amides is 2. The van der Waals surface area contributed by atoms with Crippen molar-refractivity contribution in [1.82, 2.24) is 5.43 Å². The Kier molecular flexibility index (Phi) is 10.3. The monoisotopic (exact) mass is 535 g/mol. The molecule has 3 aromatic carbocycles. The highest BCUT2D eigenvalue weighted by atomic mass is 35.5. The van der Waals surface area contributed by atoms with Gasteiger partial charge in [-0.05, 0) is 73.2 Å². The number of hydrazone groups is 1. The minimum Gasteiger partial charge on any atom is -0.490 e. The van der Waals surface area contributed by atoms with Gasteiger partial charge < -0.3 is 19.5 Å². The Labute approximate surface area is 229 Å². The predicted molar refractivity (Wildman–Crippen MR) is 152 cm³/mol. The van der Waals surface area contributed by atoms with Crippen molar-refractivity contribution in [2.24, 2.45) is 5.10 Å². The lowest BCUT2D eigenvalue weighted by atomic mass is 9.84. The van der Waals surface area contributed by atoms with Crippen molar-refractivity contribution in [3.63, 3.8) is 0 Å². The van der Waals surface area contributed by atoms with Crippen LogP contribution in [-0.2, 0) is 0 Å². The molecule has 1 fully saturated rings. The third kappa shape index (κ3) is 8.15. The fourth-order valence-electron chi connectivity index (χ4n) is 4.49. The second-order valence-corrected chi connectivity index (χ2v) is 9.46. The van der Waals surface area contributed by atoms with Gasteiger partial charge in [-0.25, -0.2) is 10.2 Å². The highest BCUT2D eigenvalue weighted by Gasteiger charge is 2.15. The van der Waals surface area contributed by atoms with E-state index in [9.17, 15) is 4.79 Å². The summed E-state index contributed by atoms with van der Waals surface area (Å²) in [5.41, 5.74) is 5.16. The Bertz CT molecular complexity index is 1200. The Hall–Kier alpha value is -3.71. The first-order valence-corrected chi connectivity index (χ1v) is 13.5. The molecule has 1 aliphatic rings. The van der Waals surface area contributed by atoms with Gasteiger partial charge >= 0.3 is 6.03 Å². The van der Waals surface area contributed by atoms with Gasteiger partial charge in [0.1, 0.15) is 19.0 Å². The Morgan fingerprint density at radius 2 is 1.71 bits per heavy atom. The van der Waals surface area contributed by atoms with Crippen molar-refractivity contribution in [3.8, 4) is 17.2 Å². The molecule has 0 aromatic heterocycles. The highest BCUT2D eigenvalue weighted by Crippen LogP contribution is 2.36. The molecule has 7 nitrogen and oxygen atoms in total. The number of anilines is 1. The number of nitrogens with zero attached hydrogens (tertiary/aromatic N) is 1. The first-order valence-electron chi connectivity index (χ1n) is 13.1. The topological polar surface area (TPSA) is 81.2 Å².